The quantitative estimate of drug-likeness (QED) is 0.0320. The van der Waals surface area contributed by atoms with Crippen LogP contribution in [0.2, 0.25) is 0 Å². The fraction of sp³-hybridized carbons (Fsp3) is 0.909. The molecule has 0 aromatic rings. The van der Waals surface area contributed by atoms with Gasteiger partial charge in [0, 0.05) is 12.8 Å². The summed E-state index contributed by atoms with van der Waals surface area (Å²) in [5.41, 5.74) is 0. The van der Waals surface area contributed by atoms with E-state index >= 15 is 0 Å². The van der Waals surface area contributed by atoms with E-state index in [1.165, 1.54) is 257 Å². The maximum absolute atomic E-state index is 12.5. The molecule has 426 valence electrons. The molecule has 0 aliphatic carbocycles. The third-order valence-electron chi connectivity index (χ3n) is 15.3. The van der Waals surface area contributed by atoms with Gasteiger partial charge < -0.3 is 20.3 Å². The molecule has 3 N–H and O–H groups in total. The molecule has 0 radical (unpaired) electrons. The first kappa shape index (κ1) is 70.3. The number of hydrogen-bond acceptors (Lipinski definition) is 5. The van der Waals surface area contributed by atoms with Crippen molar-refractivity contribution in [1.82, 2.24) is 5.32 Å². The van der Waals surface area contributed by atoms with Crippen LogP contribution in [0.4, 0.5) is 0 Å². The van der Waals surface area contributed by atoms with E-state index in [1.54, 1.807) is 0 Å². The molecule has 0 bridgehead atoms. The van der Waals surface area contributed by atoms with Crippen molar-refractivity contribution >= 4 is 11.9 Å². The monoisotopic (exact) mass is 1010 g/mol. The second kappa shape index (κ2) is 61.9. The maximum Gasteiger partial charge on any atom is 0.305 e. The molecule has 0 heterocycles. The molecule has 0 rings (SSSR count). The zero-order valence-corrected chi connectivity index (χ0v) is 48.7. The Hall–Kier alpha value is -1.66. The number of ether oxygens (including phenoxy) is 1. The molecule has 6 nitrogen and oxygen atoms in total. The van der Waals surface area contributed by atoms with E-state index in [4.69, 9.17) is 4.74 Å². The Bertz CT molecular complexity index is 1120. The molecule has 0 saturated heterocycles. The van der Waals surface area contributed by atoms with Gasteiger partial charge in [0.25, 0.3) is 0 Å². The Morgan fingerprint density at radius 1 is 0.389 bits per heavy atom. The van der Waals surface area contributed by atoms with Crippen LogP contribution in [0.15, 0.2) is 24.3 Å². The first-order valence-electron chi connectivity index (χ1n) is 32.6. The summed E-state index contributed by atoms with van der Waals surface area (Å²) < 4.78 is 5.47. The van der Waals surface area contributed by atoms with Gasteiger partial charge in [-0.2, -0.15) is 0 Å². The van der Waals surface area contributed by atoms with Crippen molar-refractivity contribution in [2.45, 2.75) is 373 Å². The summed E-state index contributed by atoms with van der Waals surface area (Å²) in [5, 5.41) is 23.4. The number of nitrogens with one attached hydrogen (secondary N) is 1. The fourth-order valence-corrected chi connectivity index (χ4v) is 10.3. The zero-order chi connectivity index (χ0) is 52.2. The number of aliphatic hydroxyl groups is 2. The summed E-state index contributed by atoms with van der Waals surface area (Å²) in [6.45, 7) is 4.95. The van der Waals surface area contributed by atoms with Crippen LogP contribution in [0.3, 0.4) is 0 Å². The highest BCUT2D eigenvalue weighted by atomic mass is 16.5. The molecule has 2 unspecified atom stereocenters. The number of amides is 1. The lowest BCUT2D eigenvalue weighted by Gasteiger charge is -2.22. The molecule has 0 aliphatic heterocycles. The van der Waals surface area contributed by atoms with E-state index in [0.29, 0.717) is 25.9 Å². The van der Waals surface area contributed by atoms with E-state index in [-0.39, 0.29) is 18.5 Å². The van der Waals surface area contributed by atoms with Gasteiger partial charge in [-0.15, -0.1) is 0 Å². The van der Waals surface area contributed by atoms with Crippen molar-refractivity contribution in [3.05, 3.63) is 24.3 Å². The lowest BCUT2D eigenvalue weighted by atomic mass is 10.0. The molecule has 0 aliphatic rings. The molecule has 0 aromatic heterocycles. The number of hydrogen-bond donors (Lipinski definition) is 3. The number of rotatable bonds is 61. The van der Waals surface area contributed by atoms with Crippen LogP contribution in [0.5, 0.6) is 0 Å². The lowest BCUT2D eigenvalue weighted by Crippen LogP contribution is -2.45. The third-order valence-corrected chi connectivity index (χ3v) is 15.3. The minimum Gasteiger partial charge on any atom is -0.466 e. The first-order chi connectivity index (χ1) is 35.5. The summed E-state index contributed by atoms with van der Waals surface area (Å²) in [6, 6.07) is -0.550. The van der Waals surface area contributed by atoms with Gasteiger partial charge in [0.1, 0.15) is 0 Å². The van der Waals surface area contributed by atoms with E-state index in [2.05, 4.69) is 43.5 Å². The van der Waals surface area contributed by atoms with Gasteiger partial charge in [-0.3, -0.25) is 9.59 Å². The number of carbonyl (C=O) groups excluding carboxylic acids is 2. The van der Waals surface area contributed by atoms with Crippen molar-refractivity contribution < 1.29 is 24.5 Å². The van der Waals surface area contributed by atoms with Crippen molar-refractivity contribution in [3.8, 4) is 0 Å². The van der Waals surface area contributed by atoms with Gasteiger partial charge in [-0.05, 0) is 57.8 Å². The largest absolute Gasteiger partial charge is 0.466 e. The summed E-state index contributed by atoms with van der Waals surface area (Å²) in [7, 11) is 0. The molecule has 0 spiro atoms. The number of unbranched alkanes of at least 4 members (excludes halogenated alkanes) is 47. The third kappa shape index (κ3) is 57.6. The molecule has 0 fully saturated rings. The van der Waals surface area contributed by atoms with Crippen molar-refractivity contribution in [1.29, 1.82) is 0 Å². The second-order valence-electron chi connectivity index (χ2n) is 22.5. The second-order valence-corrected chi connectivity index (χ2v) is 22.5. The van der Waals surface area contributed by atoms with Gasteiger partial charge in [0.15, 0.2) is 0 Å². The summed E-state index contributed by atoms with van der Waals surface area (Å²) in [6.07, 6.45) is 76.2. The Balaban J connectivity index is 3.45. The molecule has 6 heteroatoms. The van der Waals surface area contributed by atoms with Gasteiger partial charge in [0.05, 0.1) is 25.4 Å². The molecule has 72 heavy (non-hydrogen) atoms. The number of allylic oxidation sites excluding steroid dienone is 4. The summed E-state index contributed by atoms with van der Waals surface area (Å²) >= 11 is 0. The van der Waals surface area contributed by atoms with Crippen molar-refractivity contribution in [2.24, 2.45) is 0 Å². The first-order valence-corrected chi connectivity index (χ1v) is 32.6. The Kier molecular flexibility index (Phi) is 60.5. The highest BCUT2D eigenvalue weighted by Crippen LogP contribution is 2.18. The van der Waals surface area contributed by atoms with E-state index in [0.717, 1.165) is 70.6 Å². The predicted molar refractivity (Wildman–Crippen MR) is 315 cm³/mol. The standard InChI is InChI=1S/C66H127NO5/c1-3-5-7-9-11-13-15-17-19-21-23-27-30-34-38-42-46-50-54-58-64(69)63(62-68)67-65(70)59-55-51-47-43-39-35-31-28-24-22-25-29-33-37-41-45-49-53-57-61-72-66(71)60-56-52-48-44-40-36-32-26-20-18-16-14-12-10-8-6-4-2/h29,33,37,41,63-64,68-69H,3-28,30-32,34-36,38-40,42-62H2,1-2H3,(H,67,70)/b33-29-,41-37-. The predicted octanol–water partition coefficient (Wildman–Crippen LogP) is 20.6. The molecule has 2 atom stereocenters. The Morgan fingerprint density at radius 2 is 0.681 bits per heavy atom. The molecule has 1 amide bonds. The number of esters is 1. The van der Waals surface area contributed by atoms with Crippen LogP contribution >= 0.6 is 0 Å². The summed E-state index contributed by atoms with van der Waals surface area (Å²) in [5.74, 6) is -0.0501. The molecular weight excluding hydrogens is 887 g/mol. The lowest BCUT2D eigenvalue weighted by molar-refractivity contribution is -0.143. The van der Waals surface area contributed by atoms with Gasteiger partial charge in [-0.1, -0.05) is 314 Å². The minimum atomic E-state index is -0.672. The smallest absolute Gasteiger partial charge is 0.305 e. The highest BCUT2D eigenvalue weighted by Gasteiger charge is 2.20. The minimum absolute atomic E-state index is 0.00861. The molecule has 0 saturated carbocycles. The van der Waals surface area contributed by atoms with Crippen LogP contribution < -0.4 is 5.32 Å². The van der Waals surface area contributed by atoms with E-state index in [9.17, 15) is 19.8 Å². The van der Waals surface area contributed by atoms with Crippen molar-refractivity contribution in [2.75, 3.05) is 13.2 Å². The molecular formula is C66H127NO5. The normalized spacial score (nSPS) is 12.7. The van der Waals surface area contributed by atoms with Crippen molar-refractivity contribution in [3.63, 3.8) is 0 Å². The Morgan fingerprint density at radius 3 is 1.03 bits per heavy atom. The fourth-order valence-electron chi connectivity index (χ4n) is 10.3. The van der Waals surface area contributed by atoms with Crippen LogP contribution in [-0.4, -0.2) is 47.4 Å². The number of carbonyl (C=O) groups is 2. The highest BCUT2D eigenvalue weighted by molar-refractivity contribution is 5.76. The van der Waals surface area contributed by atoms with E-state index in [1.807, 2.05) is 0 Å². The van der Waals surface area contributed by atoms with Gasteiger partial charge in [0.2, 0.25) is 5.91 Å². The van der Waals surface area contributed by atoms with Crippen LogP contribution in [0, 0.1) is 0 Å². The maximum atomic E-state index is 12.5. The SMILES string of the molecule is CCCCCCCCCCCCCCCCCCCCCC(O)C(CO)NC(=O)CCCCCCCCCCCC/C=C\C=C/CCCCCOC(=O)CCCCCCCCCCCCCCCCCCC. The van der Waals surface area contributed by atoms with Gasteiger partial charge >= 0.3 is 5.97 Å². The van der Waals surface area contributed by atoms with Gasteiger partial charge in [-0.25, -0.2) is 0 Å². The topological polar surface area (TPSA) is 95.9 Å². The van der Waals surface area contributed by atoms with Crippen LogP contribution in [-0.2, 0) is 14.3 Å². The van der Waals surface area contributed by atoms with Crippen LogP contribution in [0.25, 0.3) is 0 Å². The zero-order valence-electron chi connectivity index (χ0n) is 48.7. The van der Waals surface area contributed by atoms with E-state index < -0.39 is 12.1 Å². The summed E-state index contributed by atoms with van der Waals surface area (Å²) in [4.78, 5) is 24.6. The van der Waals surface area contributed by atoms with Crippen LogP contribution in [0.1, 0.15) is 361 Å². The molecule has 0 aromatic carbocycles. The average molecular weight is 1010 g/mol. The average Bonchev–Trinajstić information content (AvgIpc) is 3.38. The number of aliphatic hydroxyl groups excluding tert-OH is 2. The Labute approximate surface area is 450 Å².